The smallest absolute Gasteiger partial charge is 0.255 e. The molecule has 0 atom stereocenters. The average molecular weight is 376 g/mol. The molecule has 0 fully saturated rings. The second kappa shape index (κ2) is 7.84. The predicted octanol–water partition coefficient (Wildman–Crippen LogP) is 2.10. The van der Waals surface area contributed by atoms with E-state index in [9.17, 15) is 13.2 Å². The van der Waals surface area contributed by atoms with Crippen LogP contribution < -0.4 is 5.43 Å². The summed E-state index contributed by atoms with van der Waals surface area (Å²) in [6.45, 7) is 7.21. The highest BCUT2D eigenvalue weighted by Crippen LogP contribution is 2.15. The number of nitrogens with one attached hydrogen (secondary N) is 2. The molecule has 2 rings (SSSR count). The summed E-state index contributed by atoms with van der Waals surface area (Å²) in [5, 5.41) is 4.08. The molecule has 1 aromatic heterocycles. The zero-order chi connectivity index (χ0) is 19.5. The van der Waals surface area contributed by atoms with Crippen LogP contribution in [0.1, 0.15) is 29.3 Å². The number of H-pyrrole nitrogens is 1. The minimum atomic E-state index is -3.73. The molecule has 0 spiro atoms. The second-order valence-corrected chi connectivity index (χ2v) is 8.32. The first-order valence-electron chi connectivity index (χ1n) is 8.14. The van der Waals surface area contributed by atoms with Crippen LogP contribution in [-0.4, -0.2) is 42.9 Å². The topological polar surface area (TPSA) is 94.6 Å². The fourth-order valence-electron chi connectivity index (χ4n) is 2.63. The van der Waals surface area contributed by atoms with Crippen molar-refractivity contribution in [2.24, 2.45) is 5.10 Å². The Morgan fingerprint density at radius 1 is 1.19 bits per heavy atom. The number of hydrogen-bond donors (Lipinski definition) is 2. The van der Waals surface area contributed by atoms with Crippen LogP contribution in [0.15, 0.2) is 40.5 Å². The van der Waals surface area contributed by atoms with Crippen LogP contribution in [0, 0.1) is 20.8 Å². The third-order valence-corrected chi connectivity index (χ3v) is 5.90. The lowest BCUT2D eigenvalue weighted by Crippen LogP contribution is -2.37. The summed E-state index contributed by atoms with van der Waals surface area (Å²) in [4.78, 5) is 15.3. The molecule has 140 valence electrons. The lowest BCUT2D eigenvalue weighted by atomic mass is 10.1. The lowest BCUT2D eigenvalue weighted by molar-refractivity contribution is -0.121. The van der Waals surface area contributed by atoms with Crippen molar-refractivity contribution in [3.05, 3.63) is 52.8 Å². The highest BCUT2D eigenvalue weighted by atomic mass is 32.2. The van der Waals surface area contributed by atoms with Crippen LogP contribution in [0.3, 0.4) is 0 Å². The molecule has 7 nitrogen and oxygen atoms in total. The molecule has 0 saturated carbocycles. The van der Waals surface area contributed by atoms with E-state index >= 15 is 0 Å². The van der Waals surface area contributed by atoms with E-state index in [1.54, 1.807) is 19.1 Å². The maximum atomic E-state index is 12.5. The van der Waals surface area contributed by atoms with E-state index < -0.39 is 15.9 Å². The molecule has 8 heteroatoms. The van der Waals surface area contributed by atoms with Gasteiger partial charge in [-0.15, -0.1) is 0 Å². The zero-order valence-electron chi connectivity index (χ0n) is 15.6. The lowest BCUT2D eigenvalue weighted by Gasteiger charge is -2.16. The number of hydrogen-bond acceptors (Lipinski definition) is 4. The summed E-state index contributed by atoms with van der Waals surface area (Å²) in [7, 11) is -2.36. The van der Waals surface area contributed by atoms with E-state index in [4.69, 9.17) is 0 Å². The molecular formula is C18H24N4O3S. The number of aryl methyl sites for hydroxylation is 3. The molecule has 2 N–H and O–H groups in total. The molecule has 0 bridgehead atoms. The molecule has 1 amide bonds. The van der Waals surface area contributed by atoms with Gasteiger partial charge < -0.3 is 4.98 Å². The Kier molecular flexibility index (Phi) is 5.99. The van der Waals surface area contributed by atoms with Gasteiger partial charge in [0, 0.05) is 24.5 Å². The third kappa shape index (κ3) is 4.39. The summed E-state index contributed by atoms with van der Waals surface area (Å²) in [6, 6.07) is 6.49. The Morgan fingerprint density at radius 2 is 1.81 bits per heavy atom. The standard InChI is InChI=1S/C18H24N4O3S/c1-12-6-8-16(9-7-12)26(24,25)22(5)11-17(23)21-20-15(4)18-13(2)10-19-14(18)3/h6-10,19H,11H2,1-5H3,(H,21,23)/b20-15+. The van der Waals surface area contributed by atoms with Crippen molar-refractivity contribution in [3.8, 4) is 0 Å². The minimum absolute atomic E-state index is 0.150. The second-order valence-electron chi connectivity index (χ2n) is 6.28. The fourth-order valence-corrected chi connectivity index (χ4v) is 3.76. The van der Waals surface area contributed by atoms with E-state index in [1.165, 1.54) is 19.2 Å². The molecule has 0 aliphatic rings. The van der Waals surface area contributed by atoms with Crippen LogP contribution in [0.4, 0.5) is 0 Å². The van der Waals surface area contributed by atoms with Crippen LogP contribution >= 0.6 is 0 Å². The van der Waals surface area contributed by atoms with Crippen molar-refractivity contribution < 1.29 is 13.2 Å². The van der Waals surface area contributed by atoms with Gasteiger partial charge in [-0.25, -0.2) is 13.8 Å². The Balaban J connectivity index is 2.05. The molecule has 26 heavy (non-hydrogen) atoms. The first-order chi connectivity index (χ1) is 12.1. The summed E-state index contributed by atoms with van der Waals surface area (Å²) in [5.41, 5.74) is 6.95. The van der Waals surface area contributed by atoms with E-state index in [2.05, 4.69) is 15.5 Å². The van der Waals surface area contributed by atoms with Crippen LogP contribution in [0.25, 0.3) is 0 Å². The Labute approximate surface area is 154 Å². The molecule has 0 radical (unpaired) electrons. The van der Waals surface area contributed by atoms with Gasteiger partial charge in [0.2, 0.25) is 10.0 Å². The molecule has 1 aromatic carbocycles. The highest BCUT2D eigenvalue weighted by molar-refractivity contribution is 7.89. The Morgan fingerprint density at radius 3 is 2.35 bits per heavy atom. The summed E-state index contributed by atoms with van der Waals surface area (Å²) in [6.07, 6.45) is 1.87. The molecule has 1 heterocycles. The van der Waals surface area contributed by atoms with E-state index in [-0.39, 0.29) is 11.4 Å². The molecule has 0 aliphatic heterocycles. The molecule has 0 aliphatic carbocycles. The normalized spacial score (nSPS) is 12.5. The number of benzene rings is 1. The number of aromatic nitrogens is 1. The average Bonchev–Trinajstić information content (AvgIpc) is 2.91. The van der Waals surface area contributed by atoms with Crippen molar-refractivity contribution >= 4 is 21.6 Å². The van der Waals surface area contributed by atoms with E-state index in [0.29, 0.717) is 5.71 Å². The van der Waals surface area contributed by atoms with Crippen molar-refractivity contribution in [3.63, 3.8) is 0 Å². The fraction of sp³-hybridized carbons (Fsp3) is 0.333. The highest BCUT2D eigenvalue weighted by Gasteiger charge is 2.22. The van der Waals surface area contributed by atoms with Crippen molar-refractivity contribution in [2.75, 3.05) is 13.6 Å². The van der Waals surface area contributed by atoms with Crippen molar-refractivity contribution in [1.29, 1.82) is 0 Å². The van der Waals surface area contributed by atoms with Crippen LogP contribution in [0.5, 0.6) is 0 Å². The maximum Gasteiger partial charge on any atom is 0.255 e. The van der Waals surface area contributed by atoms with Gasteiger partial charge in [0.1, 0.15) is 0 Å². The number of carbonyl (C=O) groups is 1. The summed E-state index contributed by atoms with van der Waals surface area (Å²) >= 11 is 0. The minimum Gasteiger partial charge on any atom is -0.364 e. The number of aromatic amines is 1. The molecular weight excluding hydrogens is 352 g/mol. The van der Waals surface area contributed by atoms with Crippen molar-refractivity contribution in [2.45, 2.75) is 32.6 Å². The number of carbonyl (C=O) groups excluding carboxylic acids is 1. The first-order valence-corrected chi connectivity index (χ1v) is 9.58. The number of nitrogens with zero attached hydrogens (tertiary/aromatic N) is 2. The van der Waals surface area contributed by atoms with Gasteiger partial charge in [-0.05, 0) is 45.4 Å². The maximum absolute atomic E-state index is 12.5. The zero-order valence-corrected chi connectivity index (χ0v) is 16.4. The van der Waals surface area contributed by atoms with E-state index in [0.717, 1.165) is 26.7 Å². The molecule has 0 saturated heterocycles. The number of hydrazone groups is 1. The van der Waals surface area contributed by atoms with Crippen LogP contribution in [-0.2, 0) is 14.8 Å². The quantitative estimate of drug-likeness (QED) is 0.597. The van der Waals surface area contributed by atoms with Crippen LogP contribution in [0.2, 0.25) is 0 Å². The Hall–Kier alpha value is -2.45. The predicted molar refractivity (Wildman–Crippen MR) is 102 cm³/mol. The van der Waals surface area contributed by atoms with Gasteiger partial charge in [0.15, 0.2) is 0 Å². The van der Waals surface area contributed by atoms with Gasteiger partial charge in [-0.3, -0.25) is 4.79 Å². The SMILES string of the molecule is C/C(=N\NC(=O)CN(C)S(=O)(=O)c1ccc(C)cc1)c1c(C)c[nH]c1C. The molecule has 2 aromatic rings. The largest absolute Gasteiger partial charge is 0.364 e. The first kappa shape index (κ1) is 19.9. The number of amides is 1. The molecule has 0 unspecified atom stereocenters. The van der Waals surface area contributed by atoms with Gasteiger partial charge in [-0.1, -0.05) is 17.7 Å². The van der Waals surface area contributed by atoms with Crippen molar-refractivity contribution in [1.82, 2.24) is 14.7 Å². The third-order valence-electron chi connectivity index (χ3n) is 4.08. The van der Waals surface area contributed by atoms with E-state index in [1.807, 2.05) is 27.0 Å². The summed E-state index contributed by atoms with van der Waals surface area (Å²) in [5.74, 6) is -0.506. The Bertz CT molecular complexity index is 908. The van der Waals surface area contributed by atoms with Gasteiger partial charge in [0.05, 0.1) is 17.2 Å². The van der Waals surface area contributed by atoms with Gasteiger partial charge >= 0.3 is 0 Å². The summed E-state index contributed by atoms with van der Waals surface area (Å²) < 4.78 is 26.0. The van der Waals surface area contributed by atoms with Gasteiger partial charge in [0.25, 0.3) is 5.91 Å². The number of sulfonamides is 1. The monoisotopic (exact) mass is 376 g/mol. The van der Waals surface area contributed by atoms with Gasteiger partial charge in [-0.2, -0.15) is 9.41 Å². The number of likely N-dealkylation sites (N-methyl/N-ethyl adjacent to an activating group) is 1. The number of rotatable bonds is 6.